The Kier molecular flexibility index (Phi) is 7.49. The second-order valence-electron chi connectivity index (χ2n) is 14.1. The third-order valence-corrected chi connectivity index (χ3v) is 12.5. The number of fused-ring (bicyclic) bond motifs is 3. The first-order valence-electron chi connectivity index (χ1n) is 15.1. The van der Waals surface area contributed by atoms with Crippen LogP contribution in [-0.4, -0.2) is 35.3 Å². The van der Waals surface area contributed by atoms with Gasteiger partial charge in [-0.05, 0) is 85.9 Å². The fraction of sp³-hybridized carbons (Fsp3) is 0.935. The summed E-state index contributed by atoms with van der Waals surface area (Å²) >= 11 is 7.64. The predicted molar refractivity (Wildman–Crippen MR) is 144 cm³/mol. The Morgan fingerprint density at radius 3 is 2.38 bits per heavy atom. The smallest absolute Gasteiger partial charge is 0.304 e. The van der Waals surface area contributed by atoms with E-state index in [1.807, 2.05) is 0 Å². The maximum absolute atomic E-state index is 12.2. The molecule has 0 aromatic heterocycles. The molecule has 1 heterocycles. The van der Waals surface area contributed by atoms with E-state index in [0.717, 1.165) is 43.4 Å². The molecule has 5 aliphatic rings. The lowest BCUT2D eigenvalue weighted by atomic mass is 9.43. The maximum Gasteiger partial charge on any atom is 0.304 e. The van der Waals surface area contributed by atoms with Gasteiger partial charge in [0.25, 0.3) is 0 Å². The molecule has 5 fully saturated rings. The monoisotopic (exact) mass is 536 g/mol. The van der Waals surface area contributed by atoms with E-state index >= 15 is 0 Å². The van der Waals surface area contributed by atoms with E-state index in [-0.39, 0.29) is 24.1 Å². The predicted octanol–water partition coefficient (Wildman–Crippen LogP) is 7.28. The van der Waals surface area contributed by atoms with E-state index < -0.39 is 16.6 Å². The molecule has 5 nitrogen and oxygen atoms in total. The number of halogens is 1. The van der Waals surface area contributed by atoms with Gasteiger partial charge in [0.15, 0.2) is 0 Å². The van der Waals surface area contributed by atoms with Crippen molar-refractivity contribution in [2.45, 2.75) is 136 Å². The minimum Gasteiger partial charge on any atom is -0.462 e. The number of rotatable bonds is 7. The fourth-order valence-electron chi connectivity index (χ4n) is 10.4. The Morgan fingerprint density at radius 1 is 0.973 bits per heavy atom. The van der Waals surface area contributed by atoms with E-state index in [1.54, 1.807) is 0 Å². The van der Waals surface area contributed by atoms with Crippen LogP contribution in [0.1, 0.15) is 112 Å². The Balaban J connectivity index is 1.41. The van der Waals surface area contributed by atoms with E-state index in [2.05, 4.69) is 27.7 Å². The number of alkyl halides is 1. The Bertz CT molecular complexity index is 891. The maximum atomic E-state index is 12.2. The van der Waals surface area contributed by atoms with Crippen molar-refractivity contribution in [2.24, 2.45) is 46.3 Å². The molecule has 6 heteroatoms. The summed E-state index contributed by atoms with van der Waals surface area (Å²) in [6, 6.07) is 0. The average molecular weight is 537 g/mol. The molecule has 37 heavy (non-hydrogen) atoms. The molecule has 4 saturated carbocycles. The highest BCUT2D eigenvalue weighted by molar-refractivity contribution is 6.25. The molecule has 0 spiro atoms. The standard InChI is InChI=1S/C31H49ClO5/c1-18(2)8-7-9-19(3)24-10-11-25-23-16-27-31(32)17-22(35-20(4)33)12-15-30(31,28(37-27)36-21(5)34)26(23)13-14-29(24,25)6/h18-19,22-28H,7-17H2,1-6H3/t19?,22?,23?,24?,25?,26?,27?,28?,29?,30?,31-/m0/s1. The molecule has 4 aliphatic carbocycles. The summed E-state index contributed by atoms with van der Waals surface area (Å²) in [5.74, 6) is 3.37. The van der Waals surface area contributed by atoms with Crippen LogP contribution in [0, 0.1) is 46.3 Å². The number of carbonyl (C=O) groups excluding carboxylic acids is 2. The zero-order valence-corrected chi connectivity index (χ0v) is 24.6. The van der Waals surface area contributed by atoms with Crippen LogP contribution in [0.15, 0.2) is 0 Å². The summed E-state index contributed by atoms with van der Waals surface area (Å²) in [4.78, 5) is 23.3. The summed E-state index contributed by atoms with van der Waals surface area (Å²) in [6.45, 7) is 12.7. The second kappa shape index (κ2) is 9.98. The molecule has 1 aliphatic heterocycles. The van der Waals surface area contributed by atoms with Crippen molar-refractivity contribution in [3.63, 3.8) is 0 Å². The van der Waals surface area contributed by atoms with Crippen LogP contribution in [0.2, 0.25) is 0 Å². The van der Waals surface area contributed by atoms with E-state index in [0.29, 0.717) is 29.6 Å². The summed E-state index contributed by atoms with van der Waals surface area (Å²) in [6.07, 6.45) is 11.0. The van der Waals surface area contributed by atoms with Crippen molar-refractivity contribution < 1.29 is 23.8 Å². The van der Waals surface area contributed by atoms with Gasteiger partial charge >= 0.3 is 11.9 Å². The lowest BCUT2D eigenvalue weighted by Gasteiger charge is -2.62. The van der Waals surface area contributed by atoms with Crippen LogP contribution in [0.4, 0.5) is 0 Å². The van der Waals surface area contributed by atoms with Crippen LogP contribution >= 0.6 is 11.6 Å². The number of esters is 2. The molecule has 0 radical (unpaired) electrons. The molecule has 210 valence electrons. The summed E-state index contributed by atoms with van der Waals surface area (Å²) in [5, 5.41) is 0. The van der Waals surface area contributed by atoms with Gasteiger partial charge < -0.3 is 14.2 Å². The van der Waals surface area contributed by atoms with Gasteiger partial charge in [0.2, 0.25) is 6.29 Å². The van der Waals surface area contributed by atoms with Crippen molar-refractivity contribution in [2.75, 3.05) is 0 Å². The molecule has 2 bridgehead atoms. The molecule has 0 aromatic rings. The van der Waals surface area contributed by atoms with Crippen molar-refractivity contribution in [1.82, 2.24) is 0 Å². The topological polar surface area (TPSA) is 61.8 Å². The quantitative estimate of drug-likeness (QED) is 0.253. The van der Waals surface area contributed by atoms with Gasteiger partial charge in [-0.3, -0.25) is 9.59 Å². The van der Waals surface area contributed by atoms with Crippen LogP contribution in [0.3, 0.4) is 0 Å². The SMILES string of the molecule is CC(=O)OC1CCC23C(OC(C)=O)OC(CC4C5CCC(C(C)CCCC(C)C)C5(C)CCC42)[C@@]3(Cl)C1. The molecule has 1 saturated heterocycles. The summed E-state index contributed by atoms with van der Waals surface area (Å²) < 4.78 is 18.2. The average Bonchev–Trinajstić information content (AvgIpc) is 3.20. The highest BCUT2D eigenvalue weighted by Crippen LogP contribution is 2.74. The lowest BCUT2D eigenvalue weighted by molar-refractivity contribution is -0.203. The van der Waals surface area contributed by atoms with Crippen molar-refractivity contribution in [3.8, 4) is 0 Å². The second-order valence-corrected chi connectivity index (χ2v) is 14.8. The number of hydrogen-bond donors (Lipinski definition) is 0. The minimum absolute atomic E-state index is 0.178. The third kappa shape index (κ3) is 4.37. The van der Waals surface area contributed by atoms with Crippen molar-refractivity contribution in [3.05, 3.63) is 0 Å². The highest BCUT2D eigenvalue weighted by Gasteiger charge is 2.77. The van der Waals surface area contributed by atoms with Gasteiger partial charge in [-0.25, -0.2) is 0 Å². The van der Waals surface area contributed by atoms with Crippen molar-refractivity contribution in [1.29, 1.82) is 0 Å². The molecule has 0 amide bonds. The fourth-order valence-corrected chi connectivity index (χ4v) is 11.0. The number of ether oxygens (including phenoxy) is 3. The third-order valence-electron chi connectivity index (χ3n) is 11.8. The van der Waals surface area contributed by atoms with Gasteiger partial charge in [-0.2, -0.15) is 0 Å². The Labute approximate surface area is 229 Å². The van der Waals surface area contributed by atoms with Crippen LogP contribution in [-0.2, 0) is 23.8 Å². The van der Waals surface area contributed by atoms with Crippen molar-refractivity contribution >= 4 is 23.5 Å². The molecule has 11 atom stereocenters. The molecular weight excluding hydrogens is 488 g/mol. The highest BCUT2D eigenvalue weighted by atomic mass is 35.5. The molecule has 10 unspecified atom stereocenters. The van der Waals surface area contributed by atoms with Gasteiger partial charge in [0.1, 0.15) is 6.10 Å². The normalized spacial score (nSPS) is 47.1. The van der Waals surface area contributed by atoms with E-state index in [9.17, 15) is 9.59 Å². The molecule has 0 N–H and O–H groups in total. The largest absolute Gasteiger partial charge is 0.462 e. The first-order chi connectivity index (χ1) is 17.4. The van der Waals surface area contributed by atoms with Crippen LogP contribution in [0.25, 0.3) is 0 Å². The van der Waals surface area contributed by atoms with Gasteiger partial charge in [0, 0.05) is 20.3 Å². The zero-order chi connectivity index (χ0) is 26.8. The van der Waals surface area contributed by atoms with Crippen LogP contribution < -0.4 is 0 Å². The molecular formula is C31H49ClO5. The van der Waals surface area contributed by atoms with E-state index in [1.165, 1.54) is 52.4 Å². The first kappa shape index (κ1) is 27.7. The summed E-state index contributed by atoms with van der Waals surface area (Å²) in [7, 11) is 0. The Hall–Kier alpha value is -0.810. The first-order valence-corrected chi connectivity index (χ1v) is 15.5. The van der Waals surface area contributed by atoms with Gasteiger partial charge in [-0.15, -0.1) is 11.6 Å². The molecule has 0 aromatic carbocycles. The van der Waals surface area contributed by atoms with Gasteiger partial charge in [0.05, 0.1) is 16.4 Å². The number of carbonyl (C=O) groups is 2. The van der Waals surface area contributed by atoms with E-state index in [4.69, 9.17) is 25.8 Å². The van der Waals surface area contributed by atoms with Gasteiger partial charge in [-0.1, -0.05) is 47.0 Å². The zero-order valence-electron chi connectivity index (χ0n) is 23.9. The molecule has 5 rings (SSSR count). The number of hydrogen-bond acceptors (Lipinski definition) is 5. The lowest BCUT2D eigenvalue weighted by Crippen LogP contribution is -2.65. The minimum atomic E-state index is -0.664. The Morgan fingerprint density at radius 2 is 1.70 bits per heavy atom. The summed E-state index contributed by atoms with van der Waals surface area (Å²) in [5.41, 5.74) is -0.0422. The van der Waals surface area contributed by atoms with Crippen LogP contribution in [0.5, 0.6) is 0 Å².